The Bertz CT molecular complexity index is 773. The molecule has 0 spiro atoms. The van der Waals surface area contributed by atoms with Gasteiger partial charge in [0.25, 0.3) is 7.52 Å². The molecule has 0 radical (unpaired) electrons. The summed E-state index contributed by atoms with van der Waals surface area (Å²) in [7, 11) is -1.20. The Kier molecular flexibility index (Phi) is 11.2. The lowest BCUT2D eigenvalue weighted by atomic mass is 10.0. The normalized spacial score (nSPS) is 14.8. The number of amides is 2. The highest BCUT2D eigenvalue weighted by Crippen LogP contribution is 2.41. The van der Waals surface area contributed by atoms with Gasteiger partial charge >= 0.3 is 12.1 Å². The monoisotopic (exact) mass is 457 g/mol. The van der Waals surface area contributed by atoms with Crippen LogP contribution >= 0.6 is 7.52 Å². The minimum absolute atomic E-state index is 0.0567. The molecule has 10 nitrogen and oxygen atoms in total. The van der Waals surface area contributed by atoms with Crippen LogP contribution in [0.1, 0.15) is 32.8 Å². The fourth-order valence-electron chi connectivity index (χ4n) is 2.58. The lowest BCUT2D eigenvalue weighted by Crippen LogP contribution is -2.49. The van der Waals surface area contributed by atoms with Crippen LogP contribution in [0, 0.1) is 5.92 Å². The van der Waals surface area contributed by atoms with Crippen molar-refractivity contribution in [3.8, 4) is 0 Å². The molecule has 0 heterocycles. The van der Waals surface area contributed by atoms with Gasteiger partial charge in [0, 0.05) is 7.11 Å². The lowest BCUT2D eigenvalue weighted by molar-refractivity contribution is -0.144. The molecule has 2 amide bonds. The fraction of sp³-hybridized carbons (Fsp3) is 0.550. The standard InChI is InChI=1S/C20H32N3O7P/c1-14(2)11-17(18(24)22-15(3)19(25)28-4)23-31(27,29-5)13-21-20(26)30-12-16-9-7-6-8-10-16/h6-10,14-15,17H,11-13H2,1-5H3,(H,21,26)(H,22,24)(H,23,27)/t15-,17-,31?/m0/s1. The summed E-state index contributed by atoms with van der Waals surface area (Å²) in [5.74, 6) is -1.06. The van der Waals surface area contributed by atoms with E-state index in [1.54, 1.807) is 12.1 Å². The van der Waals surface area contributed by atoms with E-state index in [1.165, 1.54) is 21.1 Å². The Morgan fingerprint density at radius 2 is 1.71 bits per heavy atom. The maximum Gasteiger partial charge on any atom is 0.407 e. The van der Waals surface area contributed by atoms with Crippen LogP contribution in [0.4, 0.5) is 4.79 Å². The molecule has 1 unspecified atom stereocenters. The van der Waals surface area contributed by atoms with E-state index in [9.17, 15) is 18.9 Å². The van der Waals surface area contributed by atoms with Crippen molar-refractivity contribution in [2.24, 2.45) is 5.92 Å². The van der Waals surface area contributed by atoms with Crippen LogP contribution in [0.15, 0.2) is 30.3 Å². The van der Waals surface area contributed by atoms with Crippen LogP contribution in [0.3, 0.4) is 0 Å². The molecule has 1 aromatic carbocycles. The molecule has 3 N–H and O–H groups in total. The van der Waals surface area contributed by atoms with Gasteiger partial charge in [-0.2, -0.15) is 0 Å². The fourth-order valence-corrected chi connectivity index (χ4v) is 3.94. The predicted octanol–water partition coefficient (Wildman–Crippen LogP) is 2.39. The summed E-state index contributed by atoms with van der Waals surface area (Å²) in [6, 6.07) is 7.31. The Balaban J connectivity index is 2.70. The van der Waals surface area contributed by atoms with Crippen molar-refractivity contribution in [2.45, 2.75) is 45.9 Å². The van der Waals surface area contributed by atoms with Crippen molar-refractivity contribution >= 4 is 25.5 Å². The molecular formula is C20H32N3O7P. The van der Waals surface area contributed by atoms with Gasteiger partial charge in [0.1, 0.15) is 18.9 Å². The first-order chi connectivity index (χ1) is 14.6. The zero-order chi connectivity index (χ0) is 23.4. The van der Waals surface area contributed by atoms with Gasteiger partial charge in [0.05, 0.1) is 13.2 Å². The van der Waals surface area contributed by atoms with Crippen molar-refractivity contribution in [3.63, 3.8) is 0 Å². The van der Waals surface area contributed by atoms with Crippen LogP contribution in [0.25, 0.3) is 0 Å². The summed E-state index contributed by atoms with van der Waals surface area (Å²) in [5.41, 5.74) is 0.805. The maximum absolute atomic E-state index is 13.1. The summed E-state index contributed by atoms with van der Waals surface area (Å²) >= 11 is 0. The molecule has 0 aliphatic heterocycles. The van der Waals surface area contributed by atoms with Crippen molar-refractivity contribution < 1.29 is 32.9 Å². The highest BCUT2D eigenvalue weighted by atomic mass is 31.2. The van der Waals surface area contributed by atoms with Crippen molar-refractivity contribution in [3.05, 3.63) is 35.9 Å². The van der Waals surface area contributed by atoms with Gasteiger partial charge in [-0.15, -0.1) is 0 Å². The molecule has 174 valence electrons. The molecule has 1 aromatic rings. The van der Waals surface area contributed by atoms with Gasteiger partial charge in [-0.3, -0.25) is 9.36 Å². The quantitative estimate of drug-likeness (QED) is 0.322. The zero-order valence-electron chi connectivity index (χ0n) is 18.5. The number of alkyl carbamates (subject to hydrolysis) is 1. The minimum Gasteiger partial charge on any atom is -0.467 e. The number of hydrogen-bond acceptors (Lipinski definition) is 7. The third kappa shape index (κ3) is 9.95. The van der Waals surface area contributed by atoms with E-state index in [-0.39, 0.29) is 18.8 Å². The van der Waals surface area contributed by atoms with Crippen molar-refractivity contribution in [2.75, 3.05) is 20.5 Å². The summed E-state index contributed by atoms with van der Waals surface area (Å²) < 4.78 is 27.8. The Labute approximate surface area is 182 Å². The lowest BCUT2D eigenvalue weighted by Gasteiger charge is -2.26. The largest absolute Gasteiger partial charge is 0.467 e. The molecule has 0 fully saturated rings. The molecule has 0 saturated heterocycles. The number of ether oxygens (including phenoxy) is 2. The molecule has 11 heteroatoms. The summed E-state index contributed by atoms with van der Waals surface area (Å²) in [5, 5.41) is 7.62. The van der Waals surface area contributed by atoms with E-state index < -0.39 is 37.6 Å². The highest BCUT2D eigenvalue weighted by Gasteiger charge is 2.32. The molecule has 1 rings (SSSR count). The summed E-state index contributed by atoms with van der Waals surface area (Å²) in [6.07, 6.45) is -0.830. The topological polar surface area (TPSA) is 132 Å². The van der Waals surface area contributed by atoms with E-state index in [0.717, 1.165) is 5.56 Å². The van der Waals surface area contributed by atoms with E-state index >= 15 is 0 Å². The smallest absolute Gasteiger partial charge is 0.407 e. The first-order valence-electron chi connectivity index (χ1n) is 9.85. The third-order valence-corrected chi connectivity index (χ3v) is 6.10. The average molecular weight is 457 g/mol. The number of hydrogen-bond donors (Lipinski definition) is 3. The molecule has 0 bridgehead atoms. The minimum atomic E-state index is -3.63. The SMILES string of the molecule is COC(=O)[C@H](C)NC(=O)[C@H](CC(C)C)NP(=O)(CNC(=O)OCc1ccccc1)OC. The number of carbonyl (C=O) groups excluding carboxylic acids is 3. The molecule has 0 aromatic heterocycles. The van der Waals surface area contributed by atoms with Gasteiger partial charge in [0.15, 0.2) is 0 Å². The predicted molar refractivity (Wildman–Crippen MR) is 115 cm³/mol. The second kappa shape index (κ2) is 13.1. The third-order valence-electron chi connectivity index (χ3n) is 4.23. The van der Waals surface area contributed by atoms with Crippen LogP contribution < -0.4 is 15.7 Å². The van der Waals surface area contributed by atoms with Crippen LogP contribution in [-0.2, 0) is 34.8 Å². The molecule has 0 aliphatic rings. The molecule has 0 saturated carbocycles. The second-order valence-electron chi connectivity index (χ2n) is 7.32. The van der Waals surface area contributed by atoms with Gasteiger partial charge < -0.3 is 24.6 Å². The van der Waals surface area contributed by atoms with Crippen molar-refractivity contribution in [1.82, 2.24) is 15.7 Å². The van der Waals surface area contributed by atoms with Crippen LogP contribution in [-0.4, -0.2) is 50.6 Å². The van der Waals surface area contributed by atoms with Gasteiger partial charge in [-0.1, -0.05) is 44.2 Å². The number of rotatable bonds is 12. The van der Waals surface area contributed by atoms with E-state index in [1.807, 2.05) is 32.0 Å². The first kappa shape index (κ1) is 26.6. The number of carbonyl (C=O) groups is 3. The van der Waals surface area contributed by atoms with E-state index in [2.05, 4.69) is 20.5 Å². The number of benzene rings is 1. The average Bonchev–Trinajstić information content (AvgIpc) is 2.75. The molecule has 31 heavy (non-hydrogen) atoms. The Morgan fingerprint density at radius 3 is 2.26 bits per heavy atom. The van der Waals surface area contributed by atoms with Crippen LogP contribution in [0.2, 0.25) is 0 Å². The highest BCUT2D eigenvalue weighted by molar-refractivity contribution is 7.56. The first-order valence-corrected chi connectivity index (χ1v) is 11.7. The van der Waals surface area contributed by atoms with Crippen LogP contribution in [0.5, 0.6) is 0 Å². The number of methoxy groups -OCH3 is 1. The Hall–Kier alpha value is -2.42. The van der Waals surface area contributed by atoms with E-state index in [4.69, 9.17) is 9.26 Å². The zero-order valence-corrected chi connectivity index (χ0v) is 19.4. The Morgan fingerprint density at radius 1 is 1.06 bits per heavy atom. The summed E-state index contributed by atoms with van der Waals surface area (Å²) in [4.78, 5) is 36.2. The molecular weight excluding hydrogens is 425 g/mol. The van der Waals surface area contributed by atoms with Gasteiger partial charge in [0.2, 0.25) is 5.91 Å². The number of nitrogens with one attached hydrogen (secondary N) is 3. The second-order valence-corrected chi connectivity index (χ2v) is 9.60. The van der Waals surface area contributed by atoms with E-state index in [0.29, 0.717) is 6.42 Å². The number of esters is 1. The van der Waals surface area contributed by atoms with Gasteiger partial charge in [-0.05, 0) is 24.8 Å². The summed E-state index contributed by atoms with van der Waals surface area (Å²) in [6.45, 7) is 5.32. The molecule has 0 aliphatic carbocycles. The van der Waals surface area contributed by atoms with Gasteiger partial charge in [-0.25, -0.2) is 14.7 Å². The molecule has 3 atom stereocenters. The maximum atomic E-state index is 13.1. The van der Waals surface area contributed by atoms with Crippen molar-refractivity contribution in [1.29, 1.82) is 0 Å².